The van der Waals surface area contributed by atoms with E-state index in [9.17, 15) is 4.79 Å². The molecule has 1 saturated heterocycles. The van der Waals surface area contributed by atoms with Crippen LogP contribution in [0.3, 0.4) is 0 Å². The van der Waals surface area contributed by atoms with E-state index in [0.29, 0.717) is 6.54 Å². The van der Waals surface area contributed by atoms with Crippen LogP contribution in [0.4, 0.5) is 0 Å². The lowest BCUT2D eigenvalue weighted by Gasteiger charge is -2.10. The van der Waals surface area contributed by atoms with Crippen molar-refractivity contribution in [3.63, 3.8) is 0 Å². The maximum absolute atomic E-state index is 11.9. The van der Waals surface area contributed by atoms with Gasteiger partial charge >= 0.3 is 0 Å². The Bertz CT molecular complexity index is 633. The van der Waals surface area contributed by atoms with Crippen molar-refractivity contribution in [3.8, 4) is 11.3 Å². The topological polar surface area (TPSA) is 54.0 Å². The maximum atomic E-state index is 11.9. The summed E-state index contributed by atoms with van der Waals surface area (Å²) in [5.74, 6) is 1.85. The summed E-state index contributed by atoms with van der Waals surface area (Å²) in [6.07, 6.45) is 0.849. The summed E-state index contributed by atoms with van der Waals surface area (Å²) >= 11 is 3.43. The Kier molecular flexibility index (Phi) is 5.12. The van der Waals surface area contributed by atoms with Gasteiger partial charge in [0.2, 0.25) is 5.91 Å². The van der Waals surface area contributed by atoms with Gasteiger partial charge in [-0.1, -0.05) is 24.3 Å². The van der Waals surface area contributed by atoms with Crippen LogP contribution in [0.15, 0.2) is 29.6 Å². The highest BCUT2D eigenvalue weighted by Crippen LogP contribution is 2.21. The zero-order chi connectivity index (χ0) is 15.4. The largest absolute Gasteiger partial charge is 0.354 e. The lowest BCUT2D eigenvalue weighted by molar-refractivity contribution is -0.122. The number of carbonyl (C=O) groups is 1. The van der Waals surface area contributed by atoms with E-state index in [-0.39, 0.29) is 11.9 Å². The maximum Gasteiger partial charge on any atom is 0.238 e. The van der Waals surface area contributed by atoms with Crippen molar-refractivity contribution in [1.82, 2.24) is 15.6 Å². The molecule has 22 heavy (non-hydrogen) atoms. The second-order valence-electron chi connectivity index (χ2n) is 5.26. The number of benzene rings is 1. The lowest BCUT2D eigenvalue weighted by atomic mass is 10.1. The molecule has 2 aromatic rings. The van der Waals surface area contributed by atoms with Crippen LogP contribution < -0.4 is 10.6 Å². The molecule has 4 nitrogen and oxygen atoms in total. The molecule has 6 heteroatoms. The second-order valence-corrected chi connectivity index (χ2v) is 7.35. The Morgan fingerprint density at radius 1 is 1.41 bits per heavy atom. The molecular formula is C16H19N3OS2. The van der Waals surface area contributed by atoms with Crippen molar-refractivity contribution >= 4 is 29.0 Å². The van der Waals surface area contributed by atoms with Gasteiger partial charge in [-0.15, -0.1) is 23.1 Å². The summed E-state index contributed by atoms with van der Waals surface area (Å²) in [6.45, 7) is 2.69. The minimum Gasteiger partial charge on any atom is -0.354 e. The van der Waals surface area contributed by atoms with E-state index in [0.717, 1.165) is 34.3 Å². The molecule has 1 unspecified atom stereocenters. The number of amides is 1. The zero-order valence-corrected chi connectivity index (χ0v) is 14.1. The van der Waals surface area contributed by atoms with Crippen molar-refractivity contribution in [2.75, 3.05) is 18.2 Å². The molecule has 1 amide bonds. The van der Waals surface area contributed by atoms with Crippen molar-refractivity contribution in [2.24, 2.45) is 0 Å². The molecule has 2 heterocycles. The summed E-state index contributed by atoms with van der Waals surface area (Å²) in [7, 11) is 0. The van der Waals surface area contributed by atoms with Crippen molar-refractivity contribution in [3.05, 3.63) is 40.2 Å². The molecule has 0 spiro atoms. The number of thiazole rings is 1. The van der Waals surface area contributed by atoms with Gasteiger partial charge in [0, 0.05) is 29.1 Å². The van der Waals surface area contributed by atoms with Crippen LogP contribution >= 0.6 is 23.1 Å². The molecule has 0 radical (unpaired) electrons. The number of nitrogens with one attached hydrogen (secondary N) is 2. The second kappa shape index (κ2) is 7.26. The third-order valence-corrected chi connectivity index (χ3v) is 5.33. The third kappa shape index (κ3) is 3.88. The Morgan fingerprint density at radius 3 is 2.86 bits per heavy atom. The monoisotopic (exact) mass is 333 g/mol. The van der Waals surface area contributed by atoms with Gasteiger partial charge in [0.1, 0.15) is 0 Å². The van der Waals surface area contributed by atoms with Crippen LogP contribution in [0.5, 0.6) is 0 Å². The van der Waals surface area contributed by atoms with E-state index in [1.807, 2.05) is 6.92 Å². The highest BCUT2D eigenvalue weighted by Gasteiger charge is 2.21. The first-order valence-electron chi connectivity index (χ1n) is 7.32. The summed E-state index contributed by atoms with van der Waals surface area (Å²) in [4.78, 5) is 16.4. The van der Waals surface area contributed by atoms with Gasteiger partial charge < -0.3 is 5.32 Å². The minimum absolute atomic E-state index is 0.0275. The number of hydrogen-bond acceptors (Lipinski definition) is 5. The van der Waals surface area contributed by atoms with Crippen LogP contribution in [-0.4, -0.2) is 35.1 Å². The van der Waals surface area contributed by atoms with Crippen LogP contribution in [0.25, 0.3) is 11.3 Å². The average molecular weight is 333 g/mol. The van der Waals surface area contributed by atoms with E-state index in [1.165, 1.54) is 5.56 Å². The summed E-state index contributed by atoms with van der Waals surface area (Å²) in [6, 6.07) is 8.39. The Morgan fingerprint density at radius 2 is 2.23 bits per heavy atom. The fourth-order valence-corrected chi connectivity index (χ4v) is 3.92. The third-order valence-electron chi connectivity index (χ3n) is 3.61. The van der Waals surface area contributed by atoms with Crippen LogP contribution in [0.1, 0.15) is 10.6 Å². The summed E-state index contributed by atoms with van der Waals surface area (Å²) in [5, 5.41) is 9.34. The van der Waals surface area contributed by atoms with Gasteiger partial charge in [0.25, 0.3) is 0 Å². The van der Waals surface area contributed by atoms with Crippen LogP contribution in [-0.2, 0) is 11.2 Å². The molecule has 116 valence electrons. The quantitative estimate of drug-likeness (QED) is 0.882. The predicted molar refractivity (Wildman–Crippen MR) is 93.2 cm³/mol. The van der Waals surface area contributed by atoms with E-state index >= 15 is 0 Å². The van der Waals surface area contributed by atoms with Crippen LogP contribution in [0, 0.1) is 6.92 Å². The van der Waals surface area contributed by atoms with Crippen molar-refractivity contribution in [2.45, 2.75) is 19.4 Å². The SMILES string of the molecule is Cc1nc(-c2ccc(CCNC(=O)C3CSCN3)cc2)cs1. The lowest BCUT2D eigenvalue weighted by Crippen LogP contribution is -2.42. The average Bonchev–Trinajstić information content (AvgIpc) is 3.19. The first-order chi connectivity index (χ1) is 10.7. The molecule has 1 atom stereocenters. The Hall–Kier alpha value is -1.37. The fraction of sp³-hybridized carbons (Fsp3) is 0.375. The summed E-state index contributed by atoms with van der Waals surface area (Å²) < 4.78 is 0. The van der Waals surface area contributed by atoms with E-state index in [2.05, 4.69) is 45.3 Å². The minimum atomic E-state index is -0.0275. The predicted octanol–water partition coefficient (Wildman–Crippen LogP) is 2.44. The molecule has 0 aliphatic carbocycles. The van der Waals surface area contributed by atoms with Gasteiger partial charge in [-0.3, -0.25) is 10.1 Å². The number of aryl methyl sites for hydroxylation is 1. The fourth-order valence-electron chi connectivity index (χ4n) is 2.36. The number of aromatic nitrogens is 1. The highest BCUT2D eigenvalue weighted by atomic mass is 32.2. The number of thioether (sulfide) groups is 1. The van der Waals surface area contributed by atoms with Gasteiger partial charge in [-0.05, 0) is 18.9 Å². The van der Waals surface area contributed by atoms with Gasteiger partial charge in [0.15, 0.2) is 0 Å². The number of rotatable bonds is 5. The van der Waals surface area contributed by atoms with Gasteiger partial charge in [-0.2, -0.15) is 0 Å². The molecule has 1 aromatic heterocycles. The Balaban J connectivity index is 1.50. The van der Waals surface area contributed by atoms with Crippen molar-refractivity contribution < 1.29 is 4.79 Å². The Labute approximate surface area is 138 Å². The van der Waals surface area contributed by atoms with Crippen LogP contribution in [0.2, 0.25) is 0 Å². The molecule has 1 aliphatic heterocycles. The van der Waals surface area contributed by atoms with E-state index in [4.69, 9.17) is 0 Å². The normalized spacial score (nSPS) is 17.6. The molecular weight excluding hydrogens is 314 g/mol. The molecule has 3 rings (SSSR count). The smallest absolute Gasteiger partial charge is 0.238 e. The first-order valence-corrected chi connectivity index (χ1v) is 9.36. The molecule has 1 aliphatic rings. The standard InChI is InChI=1S/C16H19N3OS2/c1-11-19-14(9-22-11)13-4-2-12(3-5-13)6-7-17-16(20)15-8-21-10-18-15/h2-5,9,15,18H,6-8,10H2,1H3,(H,17,20). The molecule has 2 N–H and O–H groups in total. The van der Waals surface area contributed by atoms with Crippen molar-refractivity contribution in [1.29, 1.82) is 0 Å². The van der Waals surface area contributed by atoms with E-state index in [1.54, 1.807) is 23.1 Å². The number of carbonyl (C=O) groups excluding carboxylic acids is 1. The molecule has 0 bridgehead atoms. The first kappa shape index (κ1) is 15.5. The van der Waals surface area contributed by atoms with Gasteiger partial charge in [0.05, 0.1) is 16.7 Å². The molecule has 1 fully saturated rings. The van der Waals surface area contributed by atoms with E-state index < -0.39 is 0 Å². The van der Waals surface area contributed by atoms with Gasteiger partial charge in [-0.25, -0.2) is 4.98 Å². The zero-order valence-electron chi connectivity index (χ0n) is 12.5. The highest BCUT2D eigenvalue weighted by molar-refractivity contribution is 7.99. The molecule has 1 aromatic carbocycles. The summed E-state index contributed by atoms with van der Waals surface area (Å²) in [5.41, 5.74) is 3.40. The molecule has 0 saturated carbocycles. The number of hydrogen-bond donors (Lipinski definition) is 2. The number of nitrogens with zero attached hydrogens (tertiary/aromatic N) is 1.